The fourth-order valence-corrected chi connectivity index (χ4v) is 0.553. The summed E-state index contributed by atoms with van der Waals surface area (Å²) >= 11 is 5.23. The highest BCUT2D eigenvalue weighted by Gasteiger charge is 2.08. The number of hydrogen-bond donors (Lipinski definition) is 0. The van der Waals surface area contributed by atoms with Crippen molar-refractivity contribution in [3.05, 3.63) is 27.7 Å². The van der Waals surface area contributed by atoms with Gasteiger partial charge >= 0.3 is 5.69 Å². The Labute approximate surface area is 55.2 Å². The standard InChI is InChI=1S/C4H2ClNO3/c5-4-1-3(2-9-4)6(7)8/h1-2H. The van der Waals surface area contributed by atoms with Crippen molar-refractivity contribution in [2.24, 2.45) is 0 Å². The molecule has 0 fully saturated rings. The van der Waals surface area contributed by atoms with Crippen molar-refractivity contribution >= 4 is 17.3 Å². The van der Waals surface area contributed by atoms with E-state index < -0.39 is 4.92 Å². The average Bonchev–Trinajstić information content (AvgIpc) is 2.14. The molecule has 1 rings (SSSR count). The Morgan fingerprint density at radius 3 is 2.67 bits per heavy atom. The molecule has 0 atom stereocenters. The van der Waals surface area contributed by atoms with Crippen LogP contribution in [0.4, 0.5) is 5.69 Å². The number of nitro groups is 1. The summed E-state index contributed by atoms with van der Waals surface area (Å²) in [6, 6.07) is 1.14. The highest BCUT2D eigenvalue weighted by molar-refractivity contribution is 6.29. The van der Waals surface area contributed by atoms with Crippen molar-refractivity contribution in [3.63, 3.8) is 0 Å². The van der Waals surface area contributed by atoms with Gasteiger partial charge in [0.1, 0.15) is 0 Å². The molecule has 0 unspecified atom stereocenters. The molecule has 4 nitrogen and oxygen atoms in total. The molecule has 0 saturated heterocycles. The van der Waals surface area contributed by atoms with E-state index in [1.165, 1.54) is 0 Å². The average molecular weight is 148 g/mol. The first-order valence-corrected chi connectivity index (χ1v) is 2.46. The molecule has 0 N–H and O–H groups in total. The summed E-state index contributed by atoms with van der Waals surface area (Å²) in [7, 11) is 0. The van der Waals surface area contributed by atoms with Gasteiger partial charge < -0.3 is 4.42 Å². The van der Waals surface area contributed by atoms with E-state index in [2.05, 4.69) is 4.42 Å². The van der Waals surface area contributed by atoms with E-state index in [1.54, 1.807) is 0 Å². The summed E-state index contributed by atoms with van der Waals surface area (Å²) in [6.45, 7) is 0. The van der Waals surface area contributed by atoms with Crippen molar-refractivity contribution in [1.29, 1.82) is 0 Å². The largest absolute Gasteiger partial charge is 0.446 e. The first-order valence-electron chi connectivity index (χ1n) is 2.08. The van der Waals surface area contributed by atoms with Crippen molar-refractivity contribution in [2.75, 3.05) is 0 Å². The highest BCUT2D eigenvalue weighted by atomic mass is 35.5. The molecule has 0 aliphatic heterocycles. The van der Waals surface area contributed by atoms with Crippen LogP contribution in [-0.4, -0.2) is 4.92 Å². The Hall–Kier alpha value is -1.03. The SMILES string of the molecule is O=[N+]([O-])c1coc(Cl)c1. The third-order valence-corrected chi connectivity index (χ3v) is 0.963. The lowest BCUT2D eigenvalue weighted by Crippen LogP contribution is -1.82. The molecular formula is C4H2ClNO3. The lowest BCUT2D eigenvalue weighted by atomic mass is 10.6. The molecule has 1 aromatic heterocycles. The smallest absolute Gasteiger partial charge is 0.308 e. The van der Waals surface area contributed by atoms with E-state index in [1.807, 2.05) is 0 Å². The monoisotopic (exact) mass is 147 g/mol. The first-order chi connectivity index (χ1) is 4.20. The molecule has 0 saturated carbocycles. The third kappa shape index (κ3) is 1.20. The summed E-state index contributed by atoms with van der Waals surface area (Å²) < 4.78 is 4.45. The molecule has 1 aromatic rings. The van der Waals surface area contributed by atoms with Gasteiger partial charge in [-0.3, -0.25) is 10.1 Å². The van der Waals surface area contributed by atoms with Gasteiger partial charge in [-0.05, 0) is 11.6 Å². The van der Waals surface area contributed by atoms with Crippen molar-refractivity contribution < 1.29 is 9.34 Å². The fraction of sp³-hybridized carbons (Fsp3) is 0. The quantitative estimate of drug-likeness (QED) is 0.450. The fourth-order valence-electron chi connectivity index (χ4n) is 0.397. The van der Waals surface area contributed by atoms with Gasteiger partial charge in [0.05, 0.1) is 11.0 Å². The van der Waals surface area contributed by atoms with Gasteiger partial charge in [0, 0.05) is 0 Å². The van der Waals surface area contributed by atoms with Crippen LogP contribution in [0.1, 0.15) is 0 Å². The zero-order valence-corrected chi connectivity index (χ0v) is 4.96. The molecule has 0 aliphatic carbocycles. The van der Waals surface area contributed by atoms with Crippen LogP contribution in [0.25, 0.3) is 0 Å². The van der Waals surface area contributed by atoms with Crippen LogP contribution in [0.2, 0.25) is 5.22 Å². The van der Waals surface area contributed by atoms with E-state index in [0.29, 0.717) is 0 Å². The molecule has 0 radical (unpaired) electrons. The van der Waals surface area contributed by atoms with Crippen molar-refractivity contribution in [2.45, 2.75) is 0 Å². The number of hydrogen-bond acceptors (Lipinski definition) is 3. The molecule has 1 heterocycles. The topological polar surface area (TPSA) is 56.3 Å². The zero-order chi connectivity index (χ0) is 6.85. The van der Waals surface area contributed by atoms with Gasteiger partial charge in [-0.1, -0.05) is 0 Å². The molecule has 0 bridgehead atoms. The molecule has 48 valence electrons. The van der Waals surface area contributed by atoms with Gasteiger partial charge in [0.2, 0.25) is 0 Å². The summed E-state index contributed by atoms with van der Waals surface area (Å²) in [6.07, 6.45) is 0.988. The van der Waals surface area contributed by atoms with Gasteiger partial charge in [-0.25, -0.2) is 0 Å². The summed E-state index contributed by atoms with van der Waals surface area (Å²) in [4.78, 5) is 9.33. The normalized spacial score (nSPS) is 9.44. The minimum absolute atomic E-state index is 0.0294. The van der Waals surface area contributed by atoms with E-state index >= 15 is 0 Å². The van der Waals surface area contributed by atoms with Crippen LogP contribution in [-0.2, 0) is 0 Å². The van der Waals surface area contributed by atoms with Gasteiger partial charge in [0.15, 0.2) is 11.5 Å². The van der Waals surface area contributed by atoms with E-state index in [9.17, 15) is 10.1 Å². The second-order valence-corrected chi connectivity index (χ2v) is 1.74. The van der Waals surface area contributed by atoms with Crippen LogP contribution in [0.3, 0.4) is 0 Å². The maximum atomic E-state index is 9.90. The van der Waals surface area contributed by atoms with Crippen LogP contribution >= 0.6 is 11.6 Å². The van der Waals surface area contributed by atoms with Crippen LogP contribution in [0, 0.1) is 10.1 Å². The molecular weight excluding hydrogens is 146 g/mol. The highest BCUT2D eigenvalue weighted by Crippen LogP contribution is 2.18. The van der Waals surface area contributed by atoms with Crippen molar-refractivity contribution in [1.82, 2.24) is 0 Å². The van der Waals surface area contributed by atoms with Gasteiger partial charge in [-0.15, -0.1) is 0 Å². The predicted octanol–water partition coefficient (Wildman–Crippen LogP) is 1.84. The first kappa shape index (κ1) is 6.10. The minimum atomic E-state index is -0.574. The molecule has 0 spiro atoms. The number of furan rings is 1. The lowest BCUT2D eigenvalue weighted by Gasteiger charge is -1.76. The molecule has 0 amide bonds. The third-order valence-electron chi connectivity index (χ3n) is 0.764. The van der Waals surface area contributed by atoms with Crippen molar-refractivity contribution in [3.8, 4) is 0 Å². The Kier molecular flexibility index (Phi) is 1.40. The number of halogens is 1. The Morgan fingerprint density at radius 2 is 2.44 bits per heavy atom. The van der Waals surface area contributed by atoms with Gasteiger partial charge in [-0.2, -0.15) is 0 Å². The zero-order valence-electron chi connectivity index (χ0n) is 4.20. The maximum Gasteiger partial charge on any atom is 0.308 e. The summed E-state index contributed by atoms with van der Waals surface area (Å²) in [5.41, 5.74) is -0.125. The Balaban J connectivity index is 2.98. The predicted molar refractivity (Wildman–Crippen MR) is 30.4 cm³/mol. The van der Waals surface area contributed by atoms with E-state index in [-0.39, 0.29) is 10.9 Å². The van der Waals surface area contributed by atoms with Crippen LogP contribution in [0.15, 0.2) is 16.7 Å². The summed E-state index contributed by atoms with van der Waals surface area (Å²) in [5.74, 6) is 0. The molecule has 0 aromatic carbocycles. The maximum absolute atomic E-state index is 9.90. The Bertz CT molecular complexity index is 231. The molecule has 0 aliphatic rings. The van der Waals surface area contributed by atoms with Crippen LogP contribution in [0.5, 0.6) is 0 Å². The summed E-state index contributed by atoms with van der Waals surface area (Å²) in [5, 5.41) is 9.93. The molecule has 9 heavy (non-hydrogen) atoms. The Morgan fingerprint density at radius 1 is 1.78 bits per heavy atom. The number of nitrogens with zero attached hydrogens (tertiary/aromatic N) is 1. The molecule has 5 heteroatoms. The second-order valence-electron chi connectivity index (χ2n) is 1.37. The minimum Gasteiger partial charge on any atom is -0.446 e. The van der Waals surface area contributed by atoms with Gasteiger partial charge in [0.25, 0.3) is 0 Å². The second kappa shape index (κ2) is 2.06. The van der Waals surface area contributed by atoms with Crippen LogP contribution < -0.4 is 0 Å². The lowest BCUT2D eigenvalue weighted by molar-refractivity contribution is -0.385. The van der Waals surface area contributed by atoms with E-state index in [0.717, 1.165) is 12.3 Å². The van der Waals surface area contributed by atoms with E-state index in [4.69, 9.17) is 11.6 Å². The number of rotatable bonds is 1.